The summed E-state index contributed by atoms with van der Waals surface area (Å²) in [5.74, 6) is -0.630. The molecule has 2 aromatic rings. The lowest BCUT2D eigenvalue weighted by atomic mass is 10.2. The molecule has 0 bridgehead atoms. The maximum atomic E-state index is 13.6. The van der Waals surface area contributed by atoms with Gasteiger partial charge in [0.15, 0.2) is 5.69 Å². The van der Waals surface area contributed by atoms with Crippen molar-refractivity contribution >= 4 is 27.3 Å². The minimum Gasteiger partial charge on any atom is -0.326 e. The van der Waals surface area contributed by atoms with Crippen molar-refractivity contribution in [3.63, 3.8) is 0 Å². The number of aromatic nitrogens is 1. The highest BCUT2D eigenvalue weighted by Crippen LogP contribution is 2.38. The normalized spacial score (nSPS) is 11.9. The minimum atomic E-state index is -4.59. The molecule has 8 heteroatoms. The van der Waals surface area contributed by atoms with Crippen LogP contribution in [0, 0.1) is 5.82 Å². The number of nitrogens with zero attached hydrogens (tertiary/aromatic N) is 1. The lowest BCUT2D eigenvalue weighted by Crippen LogP contribution is -2.10. The number of hydrogen-bond donors (Lipinski definition) is 1. The predicted molar refractivity (Wildman–Crippen MR) is 68.1 cm³/mol. The van der Waals surface area contributed by atoms with Gasteiger partial charge in [-0.15, -0.1) is 11.3 Å². The van der Waals surface area contributed by atoms with Crippen LogP contribution in [0.2, 0.25) is 0 Å². The molecule has 0 unspecified atom stereocenters. The molecule has 0 amide bonds. The summed E-state index contributed by atoms with van der Waals surface area (Å²) < 4.78 is 52.4. The maximum absolute atomic E-state index is 13.6. The second-order valence-corrected chi connectivity index (χ2v) is 5.62. The summed E-state index contributed by atoms with van der Waals surface area (Å²) in [5, 5.41) is -0.0356. The minimum absolute atomic E-state index is 0.0181. The zero-order chi connectivity index (χ0) is 14.2. The van der Waals surface area contributed by atoms with Crippen molar-refractivity contribution < 1.29 is 17.6 Å². The Hall–Kier alpha value is -0.990. The number of thiazole rings is 1. The number of nitrogens with two attached hydrogens (primary N) is 1. The topological polar surface area (TPSA) is 38.9 Å². The van der Waals surface area contributed by atoms with Gasteiger partial charge < -0.3 is 5.73 Å². The fraction of sp³-hybridized carbons (Fsp3) is 0.182. The second kappa shape index (κ2) is 5.18. The van der Waals surface area contributed by atoms with Crippen LogP contribution in [0.4, 0.5) is 17.6 Å². The summed E-state index contributed by atoms with van der Waals surface area (Å²) in [5.41, 5.74) is 4.25. The average Bonchev–Trinajstić information content (AvgIpc) is 2.76. The molecule has 1 heterocycles. The predicted octanol–water partition coefficient (Wildman–Crippen LogP) is 4.19. The van der Waals surface area contributed by atoms with Gasteiger partial charge in [-0.25, -0.2) is 9.37 Å². The van der Waals surface area contributed by atoms with Gasteiger partial charge in [0.25, 0.3) is 0 Å². The van der Waals surface area contributed by atoms with Gasteiger partial charge in [0.2, 0.25) is 0 Å². The van der Waals surface area contributed by atoms with E-state index in [0.29, 0.717) is 4.47 Å². The van der Waals surface area contributed by atoms with Crippen LogP contribution < -0.4 is 5.73 Å². The Morgan fingerprint density at radius 1 is 1.32 bits per heavy atom. The van der Waals surface area contributed by atoms with Crippen LogP contribution >= 0.6 is 27.3 Å². The van der Waals surface area contributed by atoms with Crippen molar-refractivity contribution in [2.75, 3.05) is 0 Å². The number of alkyl halides is 3. The first-order chi connectivity index (χ1) is 8.82. The van der Waals surface area contributed by atoms with E-state index in [1.165, 1.54) is 12.1 Å². The van der Waals surface area contributed by atoms with Gasteiger partial charge in [0.1, 0.15) is 10.8 Å². The van der Waals surface area contributed by atoms with Crippen molar-refractivity contribution in [3.05, 3.63) is 39.1 Å². The smallest absolute Gasteiger partial charge is 0.326 e. The van der Waals surface area contributed by atoms with Gasteiger partial charge in [-0.05, 0) is 18.2 Å². The Balaban J connectivity index is 2.58. The van der Waals surface area contributed by atoms with Crippen LogP contribution in [-0.4, -0.2) is 4.98 Å². The Kier molecular flexibility index (Phi) is 3.93. The van der Waals surface area contributed by atoms with Crippen LogP contribution in [0.3, 0.4) is 0 Å². The number of hydrogen-bond acceptors (Lipinski definition) is 3. The third-order valence-corrected chi connectivity index (χ3v) is 3.91. The summed E-state index contributed by atoms with van der Waals surface area (Å²) in [7, 11) is 0. The molecule has 2 N–H and O–H groups in total. The molecular formula is C11H7BrF4N2S. The third kappa shape index (κ3) is 2.96. The highest BCUT2D eigenvalue weighted by molar-refractivity contribution is 9.10. The molecule has 0 saturated carbocycles. The molecule has 0 aliphatic heterocycles. The van der Waals surface area contributed by atoms with Crippen molar-refractivity contribution in [3.8, 4) is 10.6 Å². The van der Waals surface area contributed by atoms with Crippen LogP contribution in [0.5, 0.6) is 0 Å². The van der Waals surface area contributed by atoms with Gasteiger partial charge in [-0.1, -0.05) is 15.9 Å². The maximum Gasteiger partial charge on any atom is 0.434 e. The van der Waals surface area contributed by atoms with Crippen molar-refractivity contribution in [2.24, 2.45) is 5.73 Å². The van der Waals surface area contributed by atoms with Gasteiger partial charge in [0.05, 0.1) is 4.88 Å². The molecule has 0 spiro atoms. The first-order valence-corrected chi connectivity index (χ1v) is 6.66. The van der Waals surface area contributed by atoms with Gasteiger partial charge >= 0.3 is 6.18 Å². The molecule has 0 aliphatic rings. The van der Waals surface area contributed by atoms with Crippen LogP contribution in [-0.2, 0) is 12.7 Å². The van der Waals surface area contributed by atoms with Gasteiger partial charge in [-0.3, -0.25) is 0 Å². The Labute approximate surface area is 118 Å². The highest BCUT2D eigenvalue weighted by Gasteiger charge is 2.37. The van der Waals surface area contributed by atoms with E-state index in [4.69, 9.17) is 5.73 Å². The molecule has 1 aromatic carbocycles. The second-order valence-electron chi connectivity index (χ2n) is 3.62. The summed E-state index contributed by atoms with van der Waals surface area (Å²) in [4.78, 5) is 3.37. The first kappa shape index (κ1) is 14.4. The molecule has 0 radical (unpaired) electrons. The highest BCUT2D eigenvalue weighted by atomic mass is 79.9. The summed E-state index contributed by atoms with van der Waals surface area (Å²) in [6.45, 7) is -0.290. The van der Waals surface area contributed by atoms with Gasteiger partial charge in [-0.2, -0.15) is 13.2 Å². The molecule has 2 rings (SSSR count). The molecule has 0 atom stereocenters. The van der Waals surface area contributed by atoms with Crippen molar-refractivity contribution in [2.45, 2.75) is 12.7 Å². The van der Waals surface area contributed by atoms with E-state index in [1.807, 2.05) is 0 Å². The monoisotopic (exact) mass is 354 g/mol. The Morgan fingerprint density at radius 2 is 2.00 bits per heavy atom. The van der Waals surface area contributed by atoms with Crippen molar-refractivity contribution in [1.29, 1.82) is 0 Å². The van der Waals surface area contributed by atoms with Crippen LogP contribution in [0.15, 0.2) is 22.7 Å². The molecule has 0 aliphatic carbocycles. The SMILES string of the molecule is NCc1sc(-c2cc(Br)ccc2F)nc1C(F)(F)F. The summed E-state index contributed by atoms with van der Waals surface area (Å²) in [6, 6.07) is 4.01. The van der Waals surface area contributed by atoms with Gasteiger partial charge in [0, 0.05) is 16.6 Å². The van der Waals surface area contributed by atoms with Crippen LogP contribution in [0.1, 0.15) is 10.6 Å². The van der Waals surface area contributed by atoms with E-state index in [2.05, 4.69) is 20.9 Å². The molecular weight excluding hydrogens is 348 g/mol. The number of rotatable bonds is 2. The van der Waals surface area contributed by atoms with Crippen molar-refractivity contribution in [1.82, 2.24) is 4.98 Å². The largest absolute Gasteiger partial charge is 0.434 e. The number of halogens is 5. The Morgan fingerprint density at radius 3 is 2.53 bits per heavy atom. The molecule has 2 nitrogen and oxygen atoms in total. The quantitative estimate of drug-likeness (QED) is 0.821. The molecule has 1 aromatic heterocycles. The summed E-state index contributed by atoms with van der Waals surface area (Å²) in [6.07, 6.45) is -4.59. The Bertz CT molecular complexity index is 609. The number of benzene rings is 1. The van der Waals surface area contributed by atoms with Crippen LogP contribution in [0.25, 0.3) is 10.6 Å². The average molecular weight is 355 g/mol. The first-order valence-electron chi connectivity index (χ1n) is 5.05. The molecule has 19 heavy (non-hydrogen) atoms. The summed E-state index contributed by atoms with van der Waals surface area (Å²) >= 11 is 3.88. The standard InChI is InChI=1S/C11H7BrF4N2S/c12-5-1-2-7(13)6(3-5)10-18-9(11(14,15)16)8(4-17)19-10/h1-3H,4,17H2. The zero-order valence-electron chi connectivity index (χ0n) is 9.26. The fourth-order valence-electron chi connectivity index (χ4n) is 1.49. The fourth-order valence-corrected chi connectivity index (χ4v) is 2.83. The molecule has 0 fully saturated rings. The lowest BCUT2D eigenvalue weighted by Gasteiger charge is -2.03. The van der Waals surface area contributed by atoms with E-state index in [-0.39, 0.29) is 22.0 Å². The van der Waals surface area contributed by atoms with E-state index in [0.717, 1.165) is 17.4 Å². The third-order valence-electron chi connectivity index (χ3n) is 2.31. The van der Waals surface area contributed by atoms with E-state index >= 15 is 0 Å². The van der Waals surface area contributed by atoms with E-state index in [1.54, 1.807) is 0 Å². The lowest BCUT2D eigenvalue weighted by molar-refractivity contribution is -0.141. The van der Waals surface area contributed by atoms with E-state index in [9.17, 15) is 17.6 Å². The molecule has 0 saturated heterocycles. The zero-order valence-corrected chi connectivity index (χ0v) is 11.7. The van der Waals surface area contributed by atoms with E-state index < -0.39 is 17.7 Å². The molecule has 102 valence electrons.